The van der Waals surface area contributed by atoms with Crippen LogP contribution in [-0.4, -0.2) is 61.0 Å². The minimum absolute atomic E-state index is 0.0417. The van der Waals surface area contributed by atoms with Crippen LogP contribution in [0.5, 0.6) is 11.6 Å². The van der Waals surface area contributed by atoms with Crippen molar-refractivity contribution in [3.63, 3.8) is 0 Å². The highest BCUT2D eigenvalue weighted by atomic mass is 35.5. The number of hydrogen-bond acceptors (Lipinski definition) is 6. The average molecular weight is 404 g/mol. The van der Waals surface area contributed by atoms with Gasteiger partial charge < -0.3 is 19.4 Å². The molecule has 2 heterocycles. The molecule has 0 bridgehead atoms. The van der Waals surface area contributed by atoms with Gasteiger partial charge in [0, 0.05) is 39.1 Å². The molecule has 150 valence electrons. The Morgan fingerprint density at radius 2 is 1.89 bits per heavy atom. The van der Waals surface area contributed by atoms with Crippen molar-refractivity contribution < 1.29 is 9.53 Å². The molecule has 0 radical (unpaired) electrons. The minimum Gasteiger partial charge on any atom is -0.435 e. The highest BCUT2D eigenvalue weighted by Crippen LogP contribution is 2.34. The predicted octanol–water partition coefficient (Wildman–Crippen LogP) is 3.29. The van der Waals surface area contributed by atoms with Crippen molar-refractivity contribution in [2.24, 2.45) is 5.92 Å². The minimum atomic E-state index is -0.157. The number of benzene rings is 1. The van der Waals surface area contributed by atoms with Gasteiger partial charge >= 0.3 is 0 Å². The van der Waals surface area contributed by atoms with E-state index >= 15 is 0 Å². The van der Waals surface area contributed by atoms with Gasteiger partial charge in [-0.1, -0.05) is 37.6 Å². The Labute approximate surface area is 170 Å². The van der Waals surface area contributed by atoms with Gasteiger partial charge in [0.25, 0.3) is 0 Å². The summed E-state index contributed by atoms with van der Waals surface area (Å²) in [7, 11) is 3.80. The second kappa shape index (κ2) is 8.75. The van der Waals surface area contributed by atoms with Gasteiger partial charge in [0.05, 0.1) is 11.2 Å². The number of para-hydroxylation sites is 1. The summed E-state index contributed by atoms with van der Waals surface area (Å²) in [6, 6.07) is 7.20. The number of ether oxygens (including phenoxy) is 1. The molecule has 7 nitrogen and oxygen atoms in total. The molecule has 8 heteroatoms. The van der Waals surface area contributed by atoms with Gasteiger partial charge in [-0.25, -0.2) is 4.98 Å². The number of nitrogens with zero attached hydrogens (tertiary/aromatic N) is 5. The Hall–Kier alpha value is -2.38. The van der Waals surface area contributed by atoms with E-state index in [1.54, 1.807) is 25.4 Å². The van der Waals surface area contributed by atoms with Crippen LogP contribution in [0.4, 0.5) is 11.6 Å². The van der Waals surface area contributed by atoms with Crippen LogP contribution in [0.1, 0.15) is 13.8 Å². The molecule has 28 heavy (non-hydrogen) atoms. The van der Waals surface area contributed by atoms with Crippen molar-refractivity contribution in [1.82, 2.24) is 14.9 Å². The highest BCUT2D eigenvalue weighted by molar-refractivity contribution is 6.32. The lowest BCUT2D eigenvalue weighted by Crippen LogP contribution is -2.45. The van der Waals surface area contributed by atoms with Crippen LogP contribution in [-0.2, 0) is 4.79 Å². The molecule has 1 aromatic heterocycles. The average Bonchev–Trinajstić information content (AvgIpc) is 2.69. The van der Waals surface area contributed by atoms with E-state index in [1.807, 2.05) is 26.0 Å². The first-order valence-corrected chi connectivity index (χ1v) is 9.75. The highest BCUT2D eigenvalue weighted by Gasteiger charge is 2.24. The van der Waals surface area contributed by atoms with Crippen LogP contribution in [0, 0.1) is 5.92 Å². The van der Waals surface area contributed by atoms with Gasteiger partial charge in [0.15, 0.2) is 0 Å². The van der Waals surface area contributed by atoms with Crippen molar-refractivity contribution in [3.8, 4) is 11.6 Å². The zero-order valence-electron chi connectivity index (χ0n) is 16.7. The zero-order valence-corrected chi connectivity index (χ0v) is 17.5. The summed E-state index contributed by atoms with van der Waals surface area (Å²) in [4.78, 5) is 27.6. The maximum absolute atomic E-state index is 12.5. The number of likely N-dealkylation sites (N-methyl/N-ethyl adjacent to an activating group) is 1. The number of halogens is 1. The van der Waals surface area contributed by atoms with E-state index < -0.39 is 0 Å². The molecule has 3 rings (SSSR count). The van der Waals surface area contributed by atoms with Gasteiger partial charge in [-0.15, -0.1) is 0 Å². The fraction of sp³-hybridized carbons (Fsp3) is 0.450. The van der Waals surface area contributed by atoms with Crippen LogP contribution >= 0.6 is 11.6 Å². The molecular formula is C20H26ClN5O2. The lowest BCUT2D eigenvalue weighted by Gasteiger charge is -2.32. The van der Waals surface area contributed by atoms with Crippen molar-refractivity contribution in [2.45, 2.75) is 13.8 Å². The Kier molecular flexibility index (Phi) is 6.36. The van der Waals surface area contributed by atoms with E-state index in [9.17, 15) is 4.79 Å². The zero-order chi connectivity index (χ0) is 20.3. The molecule has 1 fully saturated rings. The SMILES string of the molecule is CC(C)C(=O)N(C)c1cnc(N2CCN(C)CC2)nc1Oc1ccccc1Cl. The number of aromatic nitrogens is 2. The first kappa shape index (κ1) is 20.4. The number of carbonyl (C=O) groups excluding carboxylic acids is 1. The number of piperazine rings is 1. The number of hydrogen-bond donors (Lipinski definition) is 0. The maximum atomic E-state index is 12.5. The topological polar surface area (TPSA) is 61.8 Å². The quantitative estimate of drug-likeness (QED) is 0.763. The monoisotopic (exact) mass is 403 g/mol. The summed E-state index contributed by atoms with van der Waals surface area (Å²) in [5.74, 6) is 1.19. The summed E-state index contributed by atoms with van der Waals surface area (Å²) in [6.45, 7) is 7.26. The van der Waals surface area contributed by atoms with E-state index in [0.717, 1.165) is 26.2 Å². The van der Waals surface area contributed by atoms with Gasteiger partial charge in [0.2, 0.25) is 17.7 Å². The third-order valence-electron chi connectivity index (χ3n) is 4.74. The summed E-state index contributed by atoms with van der Waals surface area (Å²) in [5.41, 5.74) is 0.511. The lowest BCUT2D eigenvalue weighted by atomic mass is 10.2. The molecule has 0 unspecified atom stereocenters. The number of amides is 1. The number of carbonyl (C=O) groups is 1. The summed E-state index contributed by atoms with van der Waals surface area (Å²) in [6.07, 6.45) is 1.65. The molecule has 1 amide bonds. The molecular weight excluding hydrogens is 378 g/mol. The van der Waals surface area contributed by atoms with Gasteiger partial charge in [-0.3, -0.25) is 4.79 Å². The molecule has 0 saturated carbocycles. The Balaban J connectivity index is 1.96. The Morgan fingerprint density at radius 3 is 2.54 bits per heavy atom. The van der Waals surface area contributed by atoms with Crippen LogP contribution in [0.25, 0.3) is 0 Å². The first-order chi connectivity index (χ1) is 13.4. The maximum Gasteiger partial charge on any atom is 0.248 e. The van der Waals surface area contributed by atoms with Gasteiger partial charge in [0.1, 0.15) is 11.4 Å². The second-order valence-electron chi connectivity index (χ2n) is 7.24. The van der Waals surface area contributed by atoms with Crippen molar-refractivity contribution in [3.05, 3.63) is 35.5 Å². The third kappa shape index (κ3) is 4.54. The summed E-state index contributed by atoms with van der Waals surface area (Å²) < 4.78 is 6.03. The molecule has 0 N–H and O–H groups in total. The van der Waals surface area contributed by atoms with Crippen LogP contribution in [0.3, 0.4) is 0 Å². The molecule has 0 aliphatic carbocycles. The fourth-order valence-corrected chi connectivity index (χ4v) is 3.13. The van der Waals surface area contributed by atoms with E-state index in [4.69, 9.17) is 16.3 Å². The molecule has 1 aliphatic heterocycles. The van der Waals surface area contributed by atoms with E-state index in [0.29, 0.717) is 28.3 Å². The molecule has 2 aromatic rings. The molecule has 1 aromatic carbocycles. The molecule has 0 spiro atoms. The number of rotatable bonds is 5. The van der Waals surface area contributed by atoms with Gasteiger partial charge in [-0.2, -0.15) is 4.98 Å². The van der Waals surface area contributed by atoms with E-state index in [1.165, 1.54) is 4.90 Å². The summed E-state index contributed by atoms with van der Waals surface area (Å²) >= 11 is 6.26. The smallest absolute Gasteiger partial charge is 0.248 e. The van der Waals surface area contributed by atoms with Gasteiger partial charge in [-0.05, 0) is 19.2 Å². The van der Waals surface area contributed by atoms with Crippen molar-refractivity contribution in [2.75, 3.05) is 50.1 Å². The second-order valence-corrected chi connectivity index (χ2v) is 7.64. The number of anilines is 2. The molecule has 0 atom stereocenters. The fourth-order valence-electron chi connectivity index (χ4n) is 2.95. The van der Waals surface area contributed by atoms with Crippen LogP contribution in [0.15, 0.2) is 30.5 Å². The first-order valence-electron chi connectivity index (χ1n) is 9.37. The largest absolute Gasteiger partial charge is 0.435 e. The molecule has 1 saturated heterocycles. The lowest BCUT2D eigenvalue weighted by molar-refractivity contribution is -0.121. The van der Waals surface area contributed by atoms with Crippen LogP contribution in [0.2, 0.25) is 5.02 Å². The standard InChI is InChI=1S/C20H26ClN5O2/c1-14(2)19(27)25(4)16-13-22-20(26-11-9-24(3)10-12-26)23-18(16)28-17-8-6-5-7-15(17)21/h5-8,13-14H,9-12H2,1-4H3. The predicted molar refractivity (Wildman–Crippen MR) is 112 cm³/mol. The van der Waals surface area contributed by atoms with E-state index in [-0.39, 0.29) is 11.8 Å². The normalized spacial score (nSPS) is 15.0. The van der Waals surface area contributed by atoms with Crippen molar-refractivity contribution in [1.29, 1.82) is 0 Å². The Bertz CT molecular complexity index is 837. The molecule has 1 aliphatic rings. The third-order valence-corrected chi connectivity index (χ3v) is 5.05. The Morgan fingerprint density at radius 1 is 1.21 bits per heavy atom. The van der Waals surface area contributed by atoms with Crippen molar-refractivity contribution >= 4 is 29.1 Å². The van der Waals surface area contributed by atoms with E-state index in [2.05, 4.69) is 26.8 Å². The summed E-state index contributed by atoms with van der Waals surface area (Å²) in [5, 5.41) is 0.478. The van der Waals surface area contributed by atoms with Crippen LogP contribution < -0.4 is 14.5 Å².